The molecule has 10 heteroatoms. The van der Waals surface area contributed by atoms with E-state index < -0.39 is 0 Å². The van der Waals surface area contributed by atoms with Crippen LogP contribution < -0.4 is 10.6 Å². The molecule has 2 aromatic heterocycles. The van der Waals surface area contributed by atoms with Crippen molar-refractivity contribution in [2.75, 3.05) is 37.7 Å². The summed E-state index contributed by atoms with van der Waals surface area (Å²) in [5.41, 5.74) is 8.99. The lowest BCUT2D eigenvalue weighted by molar-refractivity contribution is 0.0676. The minimum atomic E-state index is -0.232. The van der Waals surface area contributed by atoms with Gasteiger partial charge in [-0.1, -0.05) is 42.3 Å². The first-order chi connectivity index (χ1) is 17.4. The molecule has 0 saturated carbocycles. The van der Waals surface area contributed by atoms with E-state index in [1.54, 1.807) is 16.9 Å². The topological polar surface area (TPSA) is 96.3 Å². The molecule has 3 aromatic rings. The monoisotopic (exact) mass is 529 g/mol. The van der Waals surface area contributed by atoms with Gasteiger partial charge in [0.25, 0.3) is 0 Å². The van der Waals surface area contributed by atoms with E-state index >= 15 is 0 Å². The van der Waals surface area contributed by atoms with Crippen LogP contribution in [0.2, 0.25) is 10.0 Å². The molecule has 8 nitrogen and oxygen atoms in total. The van der Waals surface area contributed by atoms with Crippen molar-refractivity contribution in [3.8, 4) is 0 Å². The summed E-state index contributed by atoms with van der Waals surface area (Å²) in [6.45, 7) is 9.91. The highest BCUT2D eigenvalue weighted by molar-refractivity contribution is 6.35. The lowest BCUT2D eigenvalue weighted by Crippen LogP contribution is -2.53. The first-order valence-corrected chi connectivity index (χ1v) is 13.4. The minimum Gasteiger partial charge on any atom is -0.397 e. The van der Waals surface area contributed by atoms with E-state index in [1.165, 1.54) is 19.3 Å². The number of aromatic nitrogens is 4. The van der Waals surface area contributed by atoms with Crippen LogP contribution in [0.4, 0.5) is 5.82 Å². The molecule has 0 amide bonds. The molecular formula is C26H33Cl2N7O. The zero-order valence-corrected chi connectivity index (χ0v) is 22.1. The van der Waals surface area contributed by atoms with Gasteiger partial charge in [0, 0.05) is 41.7 Å². The van der Waals surface area contributed by atoms with Crippen LogP contribution >= 0.6 is 23.2 Å². The number of halogens is 2. The van der Waals surface area contributed by atoms with Crippen LogP contribution in [0.5, 0.6) is 0 Å². The third kappa shape index (κ3) is 4.79. The highest BCUT2D eigenvalue weighted by Crippen LogP contribution is 2.33. The Balaban J connectivity index is 1.48. The van der Waals surface area contributed by atoms with E-state index in [1.807, 2.05) is 19.1 Å². The first kappa shape index (κ1) is 25.3. The Hall–Kier alpha value is -2.39. The summed E-state index contributed by atoms with van der Waals surface area (Å²) in [4.78, 5) is 14.5. The molecule has 2 aliphatic heterocycles. The lowest BCUT2D eigenvalue weighted by atomic mass is 9.90. The molecule has 0 aliphatic carbocycles. The maximum atomic E-state index is 10.2. The van der Waals surface area contributed by atoms with Crippen molar-refractivity contribution in [1.29, 1.82) is 0 Å². The number of fused-ring (bicyclic) bond motifs is 1. The molecule has 36 heavy (non-hydrogen) atoms. The van der Waals surface area contributed by atoms with Gasteiger partial charge in [0.2, 0.25) is 0 Å². The van der Waals surface area contributed by atoms with Gasteiger partial charge in [0.05, 0.1) is 17.9 Å². The van der Waals surface area contributed by atoms with Crippen molar-refractivity contribution >= 4 is 45.9 Å². The van der Waals surface area contributed by atoms with Crippen molar-refractivity contribution < 1.29 is 5.11 Å². The van der Waals surface area contributed by atoms with Crippen LogP contribution in [0.15, 0.2) is 31.0 Å². The van der Waals surface area contributed by atoms with E-state index in [2.05, 4.69) is 16.4 Å². The Morgan fingerprint density at radius 1 is 1.22 bits per heavy atom. The Morgan fingerprint density at radius 2 is 2.00 bits per heavy atom. The van der Waals surface area contributed by atoms with Crippen molar-refractivity contribution in [3.63, 3.8) is 0 Å². The molecule has 3 unspecified atom stereocenters. The number of aliphatic hydroxyl groups excluding tert-OH is 1. The number of nitrogens with zero attached hydrogens (tertiary/aromatic N) is 6. The molecule has 2 fully saturated rings. The molecule has 4 heterocycles. The molecule has 3 atom stereocenters. The van der Waals surface area contributed by atoms with E-state index in [9.17, 15) is 5.11 Å². The summed E-state index contributed by atoms with van der Waals surface area (Å²) in [6, 6.07) is 5.61. The Morgan fingerprint density at radius 3 is 2.69 bits per heavy atom. The number of nitrogens with two attached hydrogens (primary N) is 1. The maximum Gasteiger partial charge on any atom is 0.180 e. The standard InChI is InChI=1S/C26H33Cl2N7O/c1-16(29)24-25-26(35(32-24)17(2)20-7-6-19(27)12-21(20)28)31-23(13-30-25)34-11-8-22(18(14-34)15-36)33-9-4-3-5-10-33/h6-7,12-13,17-18,22,36H,1,3-5,8-11,14-15,29H2,2H3. The number of rotatable bonds is 6. The van der Waals surface area contributed by atoms with Crippen LogP contribution in [0, 0.1) is 5.92 Å². The summed E-state index contributed by atoms with van der Waals surface area (Å²) in [5.74, 6) is 0.938. The van der Waals surface area contributed by atoms with E-state index in [4.69, 9.17) is 44.0 Å². The second-order valence-corrected chi connectivity index (χ2v) is 10.7. The lowest BCUT2D eigenvalue weighted by Gasteiger charge is -2.45. The quantitative estimate of drug-likeness (QED) is 0.489. The Kier molecular flexibility index (Phi) is 7.40. The van der Waals surface area contributed by atoms with Crippen LogP contribution in [-0.2, 0) is 0 Å². The van der Waals surface area contributed by atoms with Gasteiger partial charge >= 0.3 is 0 Å². The van der Waals surface area contributed by atoms with Gasteiger partial charge < -0.3 is 15.7 Å². The van der Waals surface area contributed by atoms with Gasteiger partial charge in [-0.25, -0.2) is 14.6 Å². The van der Waals surface area contributed by atoms with Crippen LogP contribution in [0.1, 0.15) is 49.9 Å². The molecule has 2 aliphatic rings. The maximum absolute atomic E-state index is 10.2. The number of hydrogen-bond donors (Lipinski definition) is 2. The van der Waals surface area contributed by atoms with E-state index in [0.717, 1.165) is 44.0 Å². The summed E-state index contributed by atoms with van der Waals surface area (Å²) in [7, 11) is 0. The summed E-state index contributed by atoms with van der Waals surface area (Å²) in [6.07, 6.45) is 6.56. The van der Waals surface area contributed by atoms with Crippen molar-refractivity contribution in [3.05, 3.63) is 52.3 Å². The summed E-state index contributed by atoms with van der Waals surface area (Å²) < 4.78 is 1.80. The number of likely N-dealkylation sites (tertiary alicyclic amines) is 1. The fourth-order valence-electron chi connectivity index (χ4n) is 5.65. The number of benzene rings is 1. The predicted molar refractivity (Wildman–Crippen MR) is 145 cm³/mol. The second kappa shape index (κ2) is 10.5. The van der Waals surface area contributed by atoms with Crippen LogP contribution in [0.25, 0.3) is 16.9 Å². The van der Waals surface area contributed by atoms with Crippen molar-refractivity contribution in [1.82, 2.24) is 24.6 Å². The highest BCUT2D eigenvalue weighted by atomic mass is 35.5. The predicted octanol–water partition coefficient (Wildman–Crippen LogP) is 4.34. The zero-order chi connectivity index (χ0) is 25.4. The average molecular weight is 531 g/mol. The van der Waals surface area contributed by atoms with Gasteiger partial charge in [-0.15, -0.1) is 0 Å². The van der Waals surface area contributed by atoms with Gasteiger partial charge in [-0.05, 0) is 57.0 Å². The Labute approximate surface area is 221 Å². The third-order valence-corrected chi connectivity index (χ3v) is 8.15. The molecular weight excluding hydrogens is 497 g/mol. The molecule has 0 bridgehead atoms. The molecule has 0 spiro atoms. The van der Waals surface area contributed by atoms with Gasteiger partial charge in [-0.2, -0.15) is 5.10 Å². The number of aliphatic hydroxyl groups is 1. The van der Waals surface area contributed by atoms with E-state index in [-0.39, 0.29) is 18.6 Å². The third-order valence-electron chi connectivity index (χ3n) is 7.59. The number of piperidine rings is 2. The van der Waals surface area contributed by atoms with Gasteiger partial charge in [0.1, 0.15) is 17.0 Å². The smallest absolute Gasteiger partial charge is 0.180 e. The van der Waals surface area contributed by atoms with Gasteiger partial charge in [0.15, 0.2) is 5.65 Å². The molecule has 2 saturated heterocycles. The summed E-state index contributed by atoms with van der Waals surface area (Å²) in [5, 5.41) is 16.1. The first-order valence-electron chi connectivity index (χ1n) is 12.6. The minimum absolute atomic E-state index is 0.161. The fourth-order valence-corrected chi connectivity index (χ4v) is 6.21. The number of anilines is 1. The van der Waals surface area contributed by atoms with Crippen molar-refractivity contribution in [2.24, 2.45) is 11.7 Å². The molecule has 0 radical (unpaired) electrons. The molecule has 3 N–H and O–H groups in total. The second-order valence-electron chi connectivity index (χ2n) is 9.90. The molecule has 1 aromatic carbocycles. The largest absolute Gasteiger partial charge is 0.397 e. The Bertz CT molecular complexity index is 1260. The van der Waals surface area contributed by atoms with Gasteiger partial charge in [-0.3, -0.25) is 4.90 Å². The number of hydrogen-bond acceptors (Lipinski definition) is 7. The zero-order valence-electron chi connectivity index (χ0n) is 20.6. The van der Waals surface area contributed by atoms with Crippen LogP contribution in [0.3, 0.4) is 0 Å². The normalized spacial score (nSPS) is 22.2. The van der Waals surface area contributed by atoms with Crippen molar-refractivity contribution in [2.45, 2.75) is 44.7 Å². The molecule has 5 rings (SSSR count). The fraction of sp³-hybridized carbons (Fsp3) is 0.500. The summed E-state index contributed by atoms with van der Waals surface area (Å²) >= 11 is 12.6. The van der Waals surface area contributed by atoms with Crippen LogP contribution in [-0.4, -0.2) is 68.6 Å². The average Bonchev–Trinajstić information content (AvgIpc) is 3.28. The highest BCUT2D eigenvalue weighted by Gasteiger charge is 2.34. The molecule has 192 valence electrons. The SMILES string of the molecule is C=C(N)c1nn(C(C)c2ccc(Cl)cc2Cl)c2nc(N3CCC(N4CCCCC4)C(CO)C3)cnc12. The van der Waals surface area contributed by atoms with E-state index in [0.29, 0.717) is 38.6 Å².